The van der Waals surface area contributed by atoms with Gasteiger partial charge in [0.05, 0.1) is 12.2 Å². The zero-order chi connectivity index (χ0) is 10.7. The van der Waals surface area contributed by atoms with E-state index in [9.17, 15) is 0 Å². The summed E-state index contributed by atoms with van der Waals surface area (Å²) in [5, 5.41) is 3.47. The van der Waals surface area contributed by atoms with Gasteiger partial charge in [-0.1, -0.05) is 6.42 Å². The van der Waals surface area contributed by atoms with E-state index < -0.39 is 0 Å². The third-order valence-corrected chi connectivity index (χ3v) is 2.85. The predicted molar refractivity (Wildman–Crippen MR) is 58.5 cm³/mol. The van der Waals surface area contributed by atoms with Gasteiger partial charge in [-0.3, -0.25) is 0 Å². The van der Waals surface area contributed by atoms with E-state index in [1.54, 1.807) is 6.20 Å². The Kier molecular flexibility index (Phi) is 3.38. The van der Waals surface area contributed by atoms with Crippen molar-refractivity contribution >= 4 is 0 Å². The standard InChI is InChI=1S/C11H19N3O/c1-8(12)10-7-14-11(15-10)6-9-4-2-3-5-13-9/h7-9,13H,2-6,12H2,1H3. The molecule has 1 aliphatic rings. The average Bonchev–Trinajstić information content (AvgIpc) is 2.68. The Labute approximate surface area is 90.2 Å². The van der Waals surface area contributed by atoms with Crippen molar-refractivity contribution in [2.24, 2.45) is 5.73 Å². The topological polar surface area (TPSA) is 64.1 Å². The molecule has 0 aliphatic carbocycles. The Balaban J connectivity index is 1.91. The molecule has 0 aromatic carbocycles. The Morgan fingerprint density at radius 1 is 1.67 bits per heavy atom. The summed E-state index contributed by atoms with van der Waals surface area (Å²) in [6.07, 6.45) is 6.43. The molecule has 1 aliphatic heterocycles. The van der Waals surface area contributed by atoms with Crippen LogP contribution in [0.3, 0.4) is 0 Å². The van der Waals surface area contributed by atoms with Gasteiger partial charge in [0.2, 0.25) is 0 Å². The molecule has 2 atom stereocenters. The second kappa shape index (κ2) is 4.77. The fraction of sp³-hybridized carbons (Fsp3) is 0.727. The lowest BCUT2D eigenvalue weighted by Gasteiger charge is -2.21. The van der Waals surface area contributed by atoms with E-state index in [0.717, 1.165) is 24.6 Å². The molecule has 1 aromatic heterocycles. The summed E-state index contributed by atoms with van der Waals surface area (Å²) >= 11 is 0. The van der Waals surface area contributed by atoms with E-state index in [1.807, 2.05) is 6.92 Å². The zero-order valence-corrected chi connectivity index (χ0v) is 9.20. The maximum absolute atomic E-state index is 5.71. The molecule has 0 amide bonds. The molecule has 3 N–H and O–H groups in total. The fourth-order valence-corrected chi connectivity index (χ4v) is 1.94. The Hall–Kier alpha value is -0.870. The van der Waals surface area contributed by atoms with Gasteiger partial charge in [0.25, 0.3) is 0 Å². The molecule has 4 heteroatoms. The quantitative estimate of drug-likeness (QED) is 0.789. The van der Waals surface area contributed by atoms with Crippen LogP contribution < -0.4 is 11.1 Å². The molecule has 0 radical (unpaired) electrons. The van der Waals surface area contributed by atoms with Gasteiger partial charge in [-0.15, -0.1) is 0 Å². The van der Waals surface area contributed by atoms with E-state index in [-0.39, 0.29) is 6.04 Å². The van der Waals surface area contributed by atoms with Gasteiger partial charge in [0.1, 0.15) is 5.76 Å². The van der Waals surface area contributed by atoms with Crippen LogP contribution in [-0.4, -0.2) is 17.6 Å². The van der Waals surface area contributed by atoms with E-state index in [1.165, 1.54) is 19.3 Å². The number of nitrogens with zero attached hydrogens (tertiary/aromatic N) is 1. The van der Waals surface area contributed by atoms with Crippen LogP contribution >= 0.6 is 0 Å². The van der Waals surface area contributed by atoms with Crippen LogP contribution in [0, 0.1) is 0 Å². The van der Waals surface area contributed by atoms with E-state index >= 15 is 0 Å². The minimum atomic E-state index is -0.0643. The molecule has 0 spiro atoms. The summed E-state index contributed by atoms with van der Waals surface area (Å²) in [4.78, 5) is 4.24. The molecule has 84 valence electrons. The number of oxazole rings is 1. The zero-order valence-electron chi connectivity index (χ0n) is 9.20. The van der Waals surface area contributed by atoms with Crippen molar-refractivity contribution in [1.29, 1.82) is 0 Å². The molecule has 2 rings (SSSR count). The minimum Gasteiger partial charge on any atom is -0.444 e. The second-order valence-electron chi connectivity index (χ2n) is 4.30. The third kappa shape index (κ3) is 2.79. The highest BCUT2D eigenvalue weighted by atomic mass is 16.4. The summed E-state index contributed by atoms with van der Waals surface area (Å²) in [5.41, 5.74) is 5.71. The van der Waals surface area contributed by atoms with Crippen molar-refractivity contribution in [2.75, 3.05) is 6.54 Å². The van der Waals surface area contributed by atoms with Gasteiger partial charge < -0.3 is 15.5 Å². The molecular formula is C11H19N3O. The normalized spacial score (nSPS) is 24.0. The van der Waals surface area contributed by atoms with Gasteiger partial charge >= 0.3 is 0 Å². The number of rotatable bonds is 3. The third-order valence-electron chi connectivity index (χ3n) is 2.85. The van der Waals surface area contributed by atoms with Crippen LogP contribution in [0.1, 0.15) is 43.9 Å². The lowest BCUT2D eigenvalue weighted by molar-refractivity contribution is 0.356. The maximum Gasteiger partial charge on any atom is 0.195 e. The monoisotopic (exact) mass is 209 g/mol. The summed E-state index contributed by atoms with van der Waals surface area (Å²) in [7, 11) is 0. The first kappa shape index (κ1) is 10.6. The van der Waals surface area contributed by atoms with Crippen LogP contribution in [0.15, 0.2) is 10.6 Å². The highest BCUT2D eigenvalue weighted by Crippen LogP contribution is 2.15. The predicted octanol–water partition coefficient (Wildman–Crippen LogP) is 1.38. The fourth-order valence-electron chi connectivity index (χ4n) is 1.94. The number of nitrogens with two attached hydrogens (primary N) is 1. The van der Waals surface area contributed by atoms with Crippen LogP contribution in [0.5, 0.6) is 0 Å². The number of hydrogen-bond acceptors (Lipinski definition) is 4. The molecule has 2 unspecified atom stereocenters. The van der Waals surface area contributed by atoms with Crippen molar-refractivity contribution in [3.05, 3.63) is 17.8 Å². The first-order valence-corrected chi connectivity index (χ1v) is 5.69. The highest BCUT2D eigenvalue weighted by Gasteiger charge is 2.16. The number of nitrogens with one attached hydrogen (secondary N) is 1. The molecule has 1 saturated heterocycles. The van der Waals surface area contributed by atoms with Gasteiger partial charge in [-0.05, 0) is 26.3 Å². The number of hydrogen-bond donors (Lipinski definition) is 2. The molecule has 0 bridgehead atoms. The average molecular weight is 209 g/mol. The van der Waals surface area contributed by atoms with Gasteiger partial charge in [0, 0.05) is 12.5 Å². The summed E-state index contributed by atoms with van der Waals surface area (Å²) < 4.78 is 5.57. The van der Waals surface area contributed by atoms with Gasteiger partial charge in [-0.25, -0.2) is 4.98 Å². The Morgan fingerprint density at radius 2 is 2.53 bits per heavy atom. The molecule has 4 nitrogen and oxygen atoms in total. The Morgan fingerprint density at radius 3 is 3.13 bits per heavy atom. The molecule has 15 heavy (non-hydrogen) atoms. The lowest BCUT2D eigenvalue weighted by Crippen LogP contribution is -2.35. The molecular weight excluding hydrogens is 190 g/mol. The van der Waals surface area contributed by atoms with E-state index in [0.29, 0.717) is 6.04 Å². The SMILES string of the molecule is CC(N)c1cnc(CC2CCCCN2)o1. The first-order chi connectivity index (χ1) is 7.25. The molecule has 1 fully saturated rings. The highest BCUT2D eigenvalue weighted by molar-refractivity contribution is 4.99. The summed E-state index contributed by atoms with van der Waals surface area (Å²) in [5.74, 6) is 1.59. The lowest BCUT2D eigenvalue weighted by atomic mass is 10.0. The first-order valence-electron chi connectivity index (χ1n) is 5.69. The van der Waals surface area contributed by atoms with Gasteiger partial charge in [-0.2, -0.15) is 0 Å². The van der Waals surface area contributed by atoms with Crippen molar-refractivity contribution in [2.45, 2.75) is 44.7 Å². The van der Waals surface area contributed by atoms with Crippen LogP contribution in [0.2, 0.25) is 0 Å². The smallest absolute Gasteiger partial charge is 0.195 e. The second-order valence-corrected chi connectivity index (χ2v) is 4.30. The largest absolute Gasteiger partial charge is 0.444 e. The minimum absolute atomic E-state index is 0.0643. The summed E-state index contributed by atoms with van der Waals surface area (Å²) in [6.45, 7) is 3.02. The number of aromatic nitrogens is 1. The van der Waals surface area contributed by atoms with Crippen LogP contribution in [0.4, 0.5) is 0 Å². The Bertz CT molecular complexity index is 303. The van der Waals surface area contributed by atoms with E-state index in [2.05, 4.69) is 10.3 Å². The van der Waals surface area contributed by atoms with Gasteiger partial charge in [0.15, 0.2) is 5.89 Å². The van der Waals surface area contributed by atoms with Crippen LogP contribution in [-0.2, 0) is 6.42 Å². The van der Waals surface area contributed by atoms with Crippen LogP contribution in [0.25, 0.3) is 0 Å². The van der Waals surface area contributed by atoms with Crippen molar-refractivity contribution in [3.8, 4) is 0 Å². The van der Waals surface area contributed by atoms with Crippen molar-refractivity contribution in [1.82, 2.24) is 10.3 Å². The molecule has 2 heterocycles. The van der Waals surface area contributed by atoms with Crippen molar-refractivity contribution in [3.63, 3.8) is 0 Å². The van der Waals surface area contributed by atoms with E-state index in [4.69, 9.17) is 10.2 Å². The maximum atomic E-state index is 5.71. The number of piperidine rings is 1. The van der Waals surface area contributed by atoms with Crippen molar-refractivity contribution < 1.29 is 4.42 Å². The molecule has 1 aromatic rings. The molecule has 0 saturated carbocycles. The summed E-state index contributed by atoms with van der Waals surface area (Å²) in [6, 6.07) is 0.462.